The summed E-state index contributed by atoms with van der Waals surface area (Å²) in [6, 6.07) is 10.5. The Kier molecular flexibility index (Phi) is 4.31. The van der Waals surface area contributed by atoms with Gasteiger partial charge in [-0.1, -0.05) is 34.1 Å². The molecule has 0 aliphatic heterocycles. The average molecular weight is 319 g/mol. The second kappa shape index (κ2) is 5.79. The second-order valence-corrected chi connectivity index (χ2v) is 5.54. The molecule has 0 aliphatic rings. The summed E-state index contributed by atoms with van der Waals surface area (Å²) in [5.41, 5.74) is 6.18. The molecule has 0 aliphatic carbocycles. The maximum atomic E-state index is 6.09. The molecule has 0 heterocycles. The summed E-state index contributed by atoms with van der Waals surface area (Å²) in [6.45, 7) is 8.42. The zero-order valence-electron chi connectivity index (χ0n) is 11.9. The number of hydrogen-bond donors (Lipinski definition) is 0. The number of halogens is 1. The number of rotatable bonds is 3. The third-order valence-electron chi connectivity index (χ3n) is 3.55. The van der Waals surface area contributed by atoms with E-state index in [0.29, 0.717) is 0 Å². The third-order valence-corrected chi connectivity index (χ3v) is 4.16. The Hall–Kier alpha value is -1.28. The number of benzene rings is 2. The van der Waals surface area contributed by atoms with E-state index in [-0.39, 0.29) is 0 Å². The highest BCUT2D eigenvalue weighted by atomic mass is 79.9. The predicted octanol–water partition coefficient (Wildman–Crippen LogP) is 5.61. The fourth-order valence-corrected chi connectivity index (χ4v) is 2.71. The summed E-state index contributed by atoms with van der Waals surface area (Å²) >= 11 is 3.49. The molecule has 2 aromatic carbocycles. The van der Waals surface area contributed by atoms with Crippen LogP contribution in [0, 0.1) is 27.7 Å². The molecule has 0 radical (unpaired) electrons. The Balaban J connectivity index is 2.36. The lowest BCUT2D eigenvalue weighted by Crippen LogP contribution is -1.94. The van der Waals surface area contributed by atoms with Crippen molar-refractivity contribution in [2.24, 2.45) is 0 Å². The van der Waals surface area contributed by atoms with Gasteiger partial charge in [0, 0.05) is 5.33 Å². The van der Waals surface area contributed by atoms with Crippen molar-refractivity contribution in [1.82, 2.24) is 0 Å². The van der Waals surface area contributed by atoms with Crippen LogP contribution in [0.2, 0.25) is 0 Å². The predicted molar refractivity (Wildman–Crippen MR) is 84.5 cm³/mol. The van der Waals surface area contributed by atoms with Crippen LogP contribution in [-0.2, 0) is 5.33 Å². The van der Waals surface area contributed by atoms with Crippen molar-refractivity contribution in [1.29, 1.82) is 0 Å². The minimum Gasteiger partial charge on any atom is -0.457 e. The fraction of sp³-hybridized carbons (Fsp3) is 0.294. The van der Waals surface area contributed by atoms with Gasteiger partial charge in [0.2, 0.25) is 0 Å². The van der Waals surface area contributed by atoms with Crippen molar-refractivity contribution in [3.05, 3.63) is 58.1 Å². The van der Waals surface area contributed by atoms with Gasteiger partial charge in [-0.2, -0.15) is 0 Å². The van der Waals surface area contributed by atoms with Crippen LogP contribution < -0.4 is 4.74 Å². The summed E-state index contributed by atoms with van der Waals surface area (Å²) < 4.78 is 6.09. The molecule has 2 heteroatoms. The molecular weight excluding hydrogens is 300 g/mol. The standard InChI is InChI=1S/C17H19BrO/c1-11-5-6-12(2)17(14(11)4)19-16-8-7-15(10-18)13(3)9-16/h5-9H,10H2,1-4H3. The molecule has 0 saturated carbocycles. The van der Waals surface area contributed by atoms with Crippen LogP contribution in [0.1, 0.15) is 27.8 Å². The zero-order valence-corrected chi connectivity index (χ0v) is 13.5. The summed E-state index contributed by atoms with van der Waals surface area (Å²) in [5, 5.41) is 0.877. The van der Waals surface area contributed by atoms with E-state index in [2.05, 4.69) is 67.9 Å². The Morgan fingerprint density at radius 3 is 2.21 bits per heavy atom. The van der Waals surface area contributed by atoms with Gasteiger partial charge in [-0.25, -0.2) is 0 Å². The molecule has 2 aromatic rings. The zero-order chi connectivity index (χ0) is 14.0. The maximum Gasteiger partial charge on any atom is 0.133 e. The van der Waals surface area contributed by atoms with Crippen LogP contribution in [0.5, 0.6) is 11.5 Å². The van der Waals surface area contributed by atoms with Gasteiger partial charge in [-0.05, 0) is 67.6 Å². The Bertz CT molecular complexity index is 602. The van der Waals surface area contributed by atoms with Gasteiger partial charge in [0.15, 0.2) is 0 Å². The Morgan fingerprint density at radius 2 is 1.58 bits per heavy atom. The molecule has 0 fully saturated rings. The van der Waals surface area contributed by atoms with Crippen LogP contribution in [-0.4, -0.2) is 0 Å². The van der Waals surface area contributed by atoms with Gasteiger partial charge in [-0.15, -0.1) is 0 Å². The summed E-state index contributed by atoms with van der Waals surface area (Å²) in [7, 11) is 0. The van der Waals surface area contributed by atoms with Crippen molar-refractivity contribution in [3.63, 3.8) is 0 Å². The third kappa shape index (κ3) is 3.01. The molecule has 0 atom stereocenters. The van der Waals surface area contributed by atoms with Crippen LogP contribution in [0.25, 0.3) is 0 Å². The molecule has 100 valence electrons. The molecule has 0 unspecified atom stereocenters. The van der Waals surface area contributed by atoms with Gasteiger partial charge >= 0.3 is 0 Å². The quantitative estimate of drug-likeness (QED) is 0.668. The van der Waals surface area contributed by atoms with Crippen molar-refractivity contribution in [2.75, 3.05) is 0 Å². The van der Waals surface area contributed by atoms with Crippen molar-refractivity contribution < 1.29 is 4.74 Å². The highest BCUT2D eigenvalue weighted by molar-refractivity contribution is 9.08. The molecule has 0 aromatic heterocycles. The highest BCUT2D eigenvalue weighted by Crippen LogP contribution is 2.31. The number of alkyl halides is 1. The minimum absolute atomic E-state index is 0.877. The van der Waals surface area contributed by atoms with Crippen molar-refractivity contribution >= 4 is 15.9 Å². The molecule has 19 heavy (non-hydrogen) atoms. The average Bonchev–Trinajstić information content (AvgIpc) is 2.39. The first kappa shape index (κ1) is 14.1. The highest BCUT2D eigenvalue weighted by Gasteiger charge is 2.08. The SMILES string of the molecule is Cc1cc(Oc2c(C)ccc(C)c2C)ccc1CBr. The van der Waals surface area contributed by atoms with Crippen molar-refractivity contribution in [3.8, 4) is 11.5 Å². The van der Waals surface area contributed by atoms with Gasteiger partial charge in [0.05, 0.1) is 0 Å². The summed E-state index contributed by atoms with van der Waals surface area (Å²) in [5.74, 6) is 1.88. The van der Waals surface area contributed by atoms with E-state index >= 15 is 0 Å². The molecular formula is C17H19BrO. The first-order valence-corrected chi connectivity index (χ1v) is 7.55. The Morgan fingerprint density at radius 1 is 0.895 bits per heavy atom. The van der Waals surface area contributed by atoms with Gasteiger partial charge in [0.25, 0.3) is 0 Å². The maximum absolute atomic E-state index is 6.09. The van der Waals surface area contributed by atoms with Gasteiger partial charge in [0.1, 0.15) is 11.5 Å². The lowest BCUT2D eigenvalue weighted by Gasteiger charge is -2.14. The molecule has 0 saturated heterocycles. The molecule has 0 bridgehead atoms. The molecule has 2 rings (SSSR count). The van der Waals surface area contributed by atoms with E-state index in [1.165, 1.54) is 27.8 Å². The van der Waals surface area contributed by atoms with E-state index in [0.717, 1.165) is 16.8 Å². The lowest BCUT2D eigenvalue weighted by molar-refractivity contribution is 0.474. The van der Waals surface area contributed by atoms with Crippen LogP contribution >= 0.6 is 15.9 Å². The monoisotopic (exact) mass is 318 g/mol. The first-order chi connectivity index (χ1) is 9.02. The molecule has 1 nitrogen and oxygen atoms in total. The normalized spacial score (nSPS) is 10.6. The minimum atomic E-state index is 0.877. The van der Waals surface area contributed by atoms with Gasteiger partial charge < -0.3 is 4.74 Å². The van der Waals surface area contributed by atoms with E-state index in [9.17, 15) is 0 Å². The Labute approximate surface area is 123 Å². The number of hydrogen-bond acceptors (Lipinski definition) is 1. The summed E-state index contributed by atoms with van der Waals surface area (Å²) in [4.78, 5) is 0. The lowest BCUT2D eigenvalue weighted by atomic mass is 10.1. The van der Waals surface area contributed by atoms with Crippen LogP contribution in [0.4, 0.5) is 0 Å². The van der Waals surface area contributed by atoms with E-state index < -0.39 is 0 Å². The molecule has 0 spiro atoms. The van der Waals surface area contributed by atoms with Crippen LogP contribution in [0.15, 0.2) is 30.3 Å². The van der Waals surface area contributed by atoms with Gasteiger partial charge in [-0.3, -0.25) is 0 Å². The fourth-order valence-electron chi connectivity index (χ4n) is 2.08. The molecule has 0 N–H and O–H groups in total. The smallest absolute Gasteiger partial charge is 0.133 e. The van der Waals surface area contributed by atoms with E-state index in [4.69, 9.17) is 4.74 Å². The van der Waals surface area contributed by atoms with Crippen LogP contribution in [0.3, 0.4) is 0 Å². The second-order valence-electron chi connectivity index (χ2n) is 4.98. The molecule has 0 amide bonds. The summed E-state index contributed by atoms with van der Waals surface area (Å²) in [6.07, 6.45) is 0. The number of aryl methyl sites for hydroxylation is 3. The van der Waals surface area contributed by atoms with Crippen molar-refractivity contribution in [2.45, 2.75) is 33.0 Å². The van der Waals surface area contributed by atoms with E-state index in [1.807, 2.05) is 6.07 Å². The first-order valence-electron chi connectivity index (χ1n) is 6.43. The van der Waals surface area contributed by atoms with E-state index in [1.54, 1.807) is 0 Å². The topological polar surface area (TPSA) is 9.23 Å². The number of ether oxygens (including phenoxy) is 1. The largest absolute Gasteiger partial charge is 0.457 e.